The summed E-state index contributed by atoms with van der Waals surface area (Å²) < 4.78 is 10.7. The molecule has 0 unspecified atom stereocenters. The summed E-state index contributed by atoms with van der Waals surface area (Å²) in [5, 5.41) is 0. The molecule has 4 rings (SSSR count). The second-order valence-corrected chi connectivity index (χ2v) is 6.08. The van der Waals surface area contributed by atoms with E-state index in [1.807, 2.05) is 18.2 Å². The van der Waals surface area contributed by atoms with Gasteiger partial charge in [-0.15, -0.1) is 0 Å². The van der Waals surface area contributed by atoms with Crippen molar-refractivity contribution in [1.82, 2.24) is 9.97 Å². The number of carbonyl (C=O) groups excluding carboxylic acids is 1. The van der Waals surface area contributed by atoms with Gasteiger partial charge in [0.05, 0.1) is 11.8 Å². The van der Waals surface area contributed by atoms with Gasteiger partial charge < -0.3 is 14.5 Å². The third-order valence-corrected chi connectivity index (χ3v) is 4.46. The van der Waals surface area contributed by atoms with Crippen LogP contribution < -0.4 is 15.0 Å². The molecule has 0 spiro atoms. The first-order valence-electron chi connectivity index (χ1n) is 7.57. The molecule has 0 amide bonds. The molecule has 118 valence electrons. The molecular formula is C17H16N2O4. The summed E-state index contributed by atoms with van der Waals surface area (Å²) in [6.07, 6.45) is 1.74. The number of fused-ring (bicyclic) bond motifs is 1. The lowest BCUT2D eigenvalue weighted by Crippen LogP contribution is -2.25. The number of hydrogen-bond acceptors (Lipinski definition) is 5. The van der Waals surface area contributed by atoms with Gasteiger partial charge in [0.1, 0.15) is 5.82 Å². The summed E-state index contributed by atoms with van der Waals surface area (Å²) in [6, 6.07) is 7.07. The zero-order valence-electron chi connectivity index (χ0n) is 12.7. The molecule has 1 saturated carbocycles. The van der Waals surface area contributed by atoms with Crippen molar-refractivity contribution >= 4 is 5.78 Å². The SMILES string of the molecule is Cc1cc(=O)[nH]c(CC(=O)C2(c3ccc4c(c3)OCO4)CC2)n1. The molecule has 1 N–H and O–H groups in total. The number of aromatic amines is 1. The third kappa shape index (κ3) is 2.40. The average molecular weight is 312 g/mol. The van der Waals surface area contributed by atoms with E-state index in [2.05, 4.69) is 9.97 Å². The Morgan fingerprint density at radius 2 is 2.04 bits per heavy atom. The number of ether oxygens (including phenoxy) is 2. The number of Topliss-reactive ketones (excluding diaryl/α,β-unsaturated/α-hetero) is 1. The topological polar surface area (TPSA) is 81.3 Å². The van der Waals surface area contributed by atoms with Crippen molar-refractivity contribution in [3.05, 3.63) is 51.7 Å². The predicted octanol–water partition coefficient (Wildman–Crippen LogP) is 1.65. The number of carbonyl (C=O) groups is 1. The Labute approximate surface area is 132 Å². The Kier molecular flexibility index (Phi) is 3.01. The minimum atomic E-state index is -0.483. The number of aryl methyl sites for hydroxylation is 1. The van der Waals surface area contributed by atoms with E-state index in [1.54, 1.807) is 6.92 Å². The maximum absolute atomic E-state index is 12.8. The number of hydrogen-bond donors (Lipinski definition) is 1. The monoisotopic (exact) mass is 312 g/mol. The Morgan fingerprint density at radius 3 is 2.78 bits per heavy atom. The van der Waals surface area contributed by atoms with E-state index in [9.17, 15) is 9.59 Å². The highest BCUT2D eigenvalue weighted by molar-refractivity contribution is 5.94. The molecule has 1 aliphatic carbocycles. The molecule has 1 aromatic heterocycles. The van der Waals surface area contributed by atoms with Crippen LogP contribution in [0.2, 0.25) is 0 Å². The fourth-order valence-electron chi connectivity index (χ4n) is 3.09. The van der Waals surface area contributed by atoms with Gasteiger partial charge in [0, 0.05) is 11.8 Å². The molecule has 1 fully saturated rings. The fraction of sp³-hybridized carbons (Fsp3) is 0.353. The Bertz CT molecular complexity index is 852. The fourth-order valence-corrected chi connectivity index (χ4v) is 3.09. The van der Waals surface area contributed by atoms with Gasteiger partial charge in [-0.3, -0.25) is 9.59 Å². The molecular weight excluding hydrogens is 296 g/mol. The normalized spacial score (nSPS) is 17.1. The van der Waals surface area contributed by atoms with Crippen molar-refractivity contribution in [1.29, 1.82) is 0 Å². The molecule has 6 nitrogen and oxygen atoms in total. The van der Waals surface area contributed by atoms with Crippen LogP contribution in [-0.2, 0) is 16.6 Å². The quantitative estimate of drug-likeness (QED) is 0.928. The van der Waals surface area contributed by atoms with E-state index >= 15 is 0 Å². The van der Waals surface area contributed by atoms with Gasteiger partial charge in [-0.1, -0.05) is 6.07 Å². The lowest BCUT2D eigenvalue weighted by Gasteiger charge is -2.15. The zero-order valence-corrected chi connectivity index (χ0v) is 12.7. The Morgan fingerprint density at radius 1 is 1.26 bits per heavy atom. The summed E-state index contributed by atoms with van der Waals surface area (Å²) in [6.45, 7) is 1.96. The van der Waals surface area contributed by atoms with Gasteiger partial charge >= 0.3 is 0 Å². The van der Waals surface area contributed by atoms with Crippen molar-refractivity contribution in [2.24, 2.45) is 0 Å². The van der Waals surface area contributed by atoms with Gasteiger partial charge in [-0.2, -0.15) is 0 Å². The zero-order chi connectivity index (χ0) is 16.0. The van der Waals surface area contributed by atoms with Crippen LogP contribution in [0.15, 0.2) is 29.1 Å². The Balaban J connectivity index is 1.61. The number of benzene rings is 1. The first-order chi connectivity index (χ1) is 11.1. The summed E-state index contributed by atoms with van der Waals surface area (Å²) >= 11 is 0. The van der Waals surface area contributed by atoms with E-state index < -0.39 is 5.41 Å². The lowest BCUT2D eigenvalue weighted by atomic mass is 9.89. The first-order valence-corrected chi connectivity index (χ1v) is 7.57. The number of nitrogens with zero attached hydrogens (tertiary/aromatic N) is 1. The van der Waals surface area contributed by atoms with E-state index in [4.69, 9.17) is 9.47 Å². The molecule has 1 aliphatic heterocycles. The molecule has 6 heteroatoms. The minimum absolute atomic E-state index is 0.0742. The van der Waals surface area contributed by atoms with Crippen LogP contribution >= 0.6 is 0 Å². The molecule has 2 aromatic rings. The molecule has 2 heterocycles. The molecule has 2 aliphatic rings. The van der Waals surface area contributed by atoms with Crippen molar-refractivity contribution < 1.29 is 14.3 Å². The van der Waals surface area contributed by atoms with Gasteiger partial charge in [0.15, 0.2) is 17.3 Å². The van der Waals surface area contributed by atoms with Gasteiger partial charge in [0.25, 0.3) is 5.56 Å². The highest BCUT2D eigenvalue weighted by Crippen LogP contribution is 2.51. The smallest absolute Gasteiger partial charge is 0.251 e. The standard InChI is InChI=1S/C17H16N2O4/c1-10-6-16(21)19-15(18-10)8-14(20)17(4-5-17)11-2-3-12-13(7-11)23-9-22-12/h2-3,6-7H,4-5,8-9H2,1H3,(H,18,19,21). The molecule has 0 atom stereocenters. The lowest BCUT2D eigenvalue weighted by molar-refractivity contribution is -0.120. The molecule has 0 saturated heterocycles. The van der Waals surface area contributed by atoms with Crippen LogP contribution in [0.4, 0.5) is 0 Å². The van der Waals surface area contributed by atoms with E-state index in [1.165, 1.54) is 6.07 Å². The number of H-pyrrole nitrogens is 1. The predicted molar refractivity (Wildman–Crippen MR) is 81.8 cm³/mol. The first kappa shape index (κ1) is 14.0. The van der Waals surface area contributed by atoms with Gasteiger partial charge in [-0.25, -0.2) is 4.98 Å². The third-order valence-electron chi connectivity index (χ3n) is 4.46. The average Bonchev–Trinajstić information content (AvgIpc) is 3.18. The molecule has 0 radical (unpaired) electrons. The van der Waals surface area contributed by atoms with Crippen LogP contribution in [0.25, 0.3) is 0 Å². The number of aromatic nitrogens is 2. The summed E-state index contributed by atoms with van der Waals surface area (Å²) in [4.78, 5) is 31.2. The highest BCUT2D eigenvalue weighted by Gasteiger charge is 2.51. The minimum Gasteiger partial charge on any atom is -0.454 e. The number of rotatable bonds is 4. The van der Waals surface area contributed by atoms with Gasteiger partial charge in [0.2, 0.25) is 6.79 Å². The molecule has 23 heavy (non-hydrogen) atoms. The largest absolute Gasteiger partial charge is 0.454 e. The maximum atomic E-state index is 12.8. The maximum Gasteiger partial charge on any atom is 0.251 e. The highest BCUT2D eigenvalue weighted by atomic mass is 16.7. The van der Waals surface area contributed by atoms with Crippen molar-refractivity contribution in [3.63, 3.8) is 0 Å². The van der Waals surface area contributed by atoms with Crippen molar-refractivity contribution in [2.75, 3.05) is 6.79 Å². The van der Waals surface area contributed by atoms with Crippen LogP contribution in [-0.4, -0.2) is 22.5 Å². The second kappa shape index (κ2) is 4.94. The van der Waals surface area contributed by atoms with Crippen LogP contribution in [0.3, 0.4) is 0 Å². The molecule has 1 aromatic carbocycles. The molecule has 0 bridgehead atoms. The van der Waals surface area contributed by atoms with Crippen LogP contribution in [0, 0.1) is 6.92 Å². The van der Waals surface area contributed by atoms with Crippen LogP contribution in [0.5, 0.6) is 11.5 Å². The van der Waals surface area contributed by atoms with E-state index in [0.29, 0.717) is 23.0 Å². The van der Waals surface area contributed by atoms with Crippen LogP contribution in [0.1, 0.15) is 29.9 Å². The summed E-state index contributed by atoms with van der Waals surface area (Å²) in [7, 11) is 0. The van der Waals surface area contributed by atoms with Gasteiger partial charge in [-0.05, 0) is 37.5 Å². The number of nitrogens with one attached hydrogen (secondary N) is 1. The second-order valence-electron chi connectivity index (χ2n) is 6.08. The Hall–Kier alpha value is -2.63. The van der Waals surface area contributed by atoms with E-state index in [-0.39, 0.29) is 24.6 Å². The van der Waals surface area contributed by atoms with Crippen molar-refractivity contribution in [2.45, 2.75) is 31.6 Å². The van der Waals surface area contributed by atoms with E-state index in [0.717, 1.165) is 18.4 Å². The summed E-state index contributed by atoms with van der Waals surface area (Å²) in [5.41, 5.74) is 0.850. The number of ketones is 1. The van der Waals surface area contributed by atoms with Crippen molar-refractivity contribution in [3.8, 4) is 11.5 Å². The summed E-state index contributed by atoms with van der Waals surface area (Å²) in [5.74, 6) is 1.89.